The van der Waals surface area contributed by atoms with Gasteiger partial charge in [-0.1, -0.05) is 19.6 Å². The van der Waals surface area contributed by atoms with E-state index < -0.39 is 49.1 Å². The molecule has 0 aromatic heterocycles. The van der Waals surface area contributed by atoms with Gasteiger partial charge in [0.05, 0.1) is 22.4 Å². The largest absolute Gasteiger partial charge is 0.418 e. The Hall–Kier alpha value is -1.39. The molecule has 23 heavy (non-hydrogen) atoms. The van der Waals surface area contributed by atoms with Gasteiger partial charge in [0.2, 0.25) is 0 Å². The summed E-state index contributed by atoms with van der Waals surface area (Å²) < 4.78 is 116. The van der Waals surface area contributed by atoms with Crippen molar-refractivity contribution in [1.82, 2.24) is 0 Å². The molecule has 0 fully saturated rings. The maximum atomic E-state index is 13.0. The van der Waals surface area contributed by atoms with Crippen LogP contribution in [0.15, 0.2) is 12.1 Å². The highest BCUT2D eigenvalue weighted by Gasteiger charge is 2.45. The molecule has 0 aliphatic rings. The van der Waals surface area contributed by atoms with E-state index in [4.69, 9.17) is 0 Å². The second-order valence-electron chi connectivity index (χ2n) is 5.81. The fourth-order valence-corrected chi connectivity index (χ4v) is 2.78. The first kappa shape index (κ1) is 19.7. The van der Waals surface area contributed by atoms with Crippen LogP contribution in [-0.2, 0) is 18.5 Å². The van der Waals surface area contributed by atoms with Crippen molar-refractivity contribution < 1.29 is 39.5 Å². The molecule has 0 saturated carbocycles. The van der Waals surface area contributed by atoms with Gasteiger partial charge in [-0.25, -0.2) is 0 Å². The lowest BCUT2D eigenvalue weighted by molar-refractivity contribution is -0.147. The van der Waals surface area contributed by atoms with Crippen LogP contribution in [0.1, 0.15) is 16.7 Å². The summed E-state index contributed by atoms with van der Waals surface area (Å²) in [5.41, 5.74) is -7.33. The number of nitrogens with one attached hydrogen (secondary N) is 1. The maximum absolute atomic E-state index is 13.0. The molecular formula is C12H12F9NSi. The number of halogens is 9. The van der Waals surface area contributed by atoms with Gasteiger partial charge in [-0.15, -0.1) is 0 Å². The number of hydrogen-bond donors (Lipinski definition) is 1. The smallest absolute Gasteiger partial charge is 0.410 e. The number of alkyl halides is 9. The first-order chi connectivity index (χ1) is 9.93. The number of anilines is 1. The number of hydrogen-bond acceptors (Lipinski definition) is 1. The molecule has 0 spiro atoms. The van der Waals surface area contributed by atoms with E-state index in [2.05, 4.69) is 4.98 Å². The molecule has 132 valence electrons. The molecular weight excluding hydrogens is 357 g/mol. The third kappa shape index (κ3) is 5.04. The van der Waals surface area contributed by atoms with E-state index in [0.717, 1.165) is 0 Å². The van der Waals surface area contributed by atoms with Crippen molar-refractivity contribution in [3.63, 3.8) is 0 Å². The molecule has 0 aliphatic heterocycles. The van der Waals surface area contributed by atoms with E-state index in [1.165, 1.54) is 19.6 Å². The molecule has 1 N–H and O–H groups in total. The fourth-order valence-electron chi connectivity index (χ4n) is 1.76. The quantitative estimate of drug-likeness (QED) is 0.499. The summed E-state index contributed by atoms with van der Waals surface area (Å²) in [5.74, 6) is 0. The van der Waals surface area contributed by atoms with Crippen LogP contribution in [0.4, 0.5) is 45.2 Å². The molecule has 0 heterocycles. The highest BCUT2D eigenvalue weighted by Crippen LogP contribution is 2.46. The first-order valence-electron chi connectivity index (χ1n) is 6.11. The van der Waals surface area contributed by atoms with Crippen molar-refractivity contribution in [2.75, 3.05) is 4.98 Å². The van der Waals surface area contributed by atoms with E-state index in [-0.39, 0.29) is 12.1 Å². The van der Waals surface area contributed by atoms with E-state index in [9.17, 15) is 39.5 Å². The van der Waals surface area contributed by atoms with Crippen molar-refractivity contribution in [2.24, 2.45) is 0 Å². The van der Waals surface area contributed by atoms with Gasteiger partial charge in [0.15, 0.2) is 0 Å². The van der Waals surface area contributed by atoms with Crippen LogP contribution >= 0.6 is 0 Å². The molecule has 0 atom stereocenters. The van der Waals surface area contributed by atoms with Gasteiger partial charge in [0, 0.05) is 0 Å². The highest BCUT2D eigenvalue weighted by molar-refractivity contribution is 6.79. The molecule has 0 radical (unpaired) electrons. The monoisotopic (exact) mass is 369 g/mol. The van der Waals surface area contributed by atoms with Gasteiger partial charge in [-0.05, 0) is 12.1 Å². The molecule has 0 amide bonds. The fraction of sp³-hybridized carbons (Fsp3) is 0.500. The molecule has 0 bridgehead atoms. The Balaban J connectivity index is 3.82. The van der Waals surface area contributed by atoms with Crippen molar-refractivity contribution in [2.45, 2.75) is 38.2 Å². The predicted octanol–water partition coefficient (Wildman–Crippen LogP) is 5.99. The zero-order valence-corrected chi connectivity index (χ0v) is 13.1. The summed E-state index contributed by atoms with van der Waals surface area (Å²) in [7, 11) is -2.71. The minimum atomic E-state index is -5.37. The van der Waals surface area contributed by atoms with Crippen LogP contribution in [0.3, 0.4) is 0 Å². The van der Waals surface area contributed by atoms with Crippen LogP contribution < -0.4 is 4.98 Å². The van der Waals surface area contributed by atoms with Crippen molar-refractivity contribution in [3.8, 4) is 0 Å². The Morgan fingerprint density at radius 1 is 0.696 bits per heavy atom. The lowest BCUT2D eigenvalue weighted by atomic mass is 10.0. The topological polar surface area (TPSA) is 12.0 Å². The van der Waals surface area contributed by atoms with Gasteiger partial charge in [0.1, 0.15) is 8.24 Å². The molecule has 0 saturated heterocycles. The average Bonchev–Trinajstić information content (AvgIpc) is 2.21. The Morgan fingerprint density at radius 3 is 1.26 bits per heavy atom. The SMILES string of the molecule is C[Si](C)(C)Nc1c(C(F)(F)F)cc(C(F)(F)F)cc1C(F)(F)F. The summed E-state index contributed by atoms with van der Waals surface area (Å²) in [6.45, 7) is 4.26. The van der Waals surface area contributed by atoms with Crippen LogP contribution in [0.5, 0.6) is 0 Å². The van der Waals surface area contributed by atoms with Crippen molar-refractivity contribution >= 4 is 13.9 Å². The second-order valence-corrected chi connectivity index (χ2v) is 10.6. The van der Waals surface area contributed by atoms with E-state index in [0.29, 0.717) is 0 Å². The minimum Gasteiger partial charge on any atom is -0.410 e. The van der Waals surface area contributed by atoms with Gasteiger partial charge in [-0.3, -0.25) is 0 Å². The summed E-state index contributed by atoms with van der Waals surface area (Å²) in [6, 6.07) is -0.616. The zero-order valence-electron chi connectivity index (χ0n) is 12.1. The molecule has 1 rings (SSSR count). The summed E-state index contributed by atoms with van der Waals surface area (Å²) >= 11 is 0. The minimum absolute atomic E-state index is 0.308. The normalized spacial score (nSPS) is 14.1. The van der Waals surface area contributed by atoms with Crippen LogP contribution in [0.25, 0.3) is 0 Å². The van der Waals surface area contributed by atoms with Crippen LogP contribution in [0, 0.1) is 0 Å². The van der Waals surface area contributed by atoms with Crippen molar-refractivity contribution in [1.29, 1.82) is 0 Å². The Morgan fingerprint density at radius 2 is 1.04 bits per heavy atom. The van der Waals surface area contributed by atoms with E-state index in [1.54, 1.807) is 0 Å². The Bertz CT molecular complexity index is 543. The Labute approximate surface area is 126 Å². The van der Waals surface area contributed by atoms with Crippen LogP contribution in [0.2, 0.25) is 19.6 Å². The first-order valence-corrected chi connectivity index (χ1v) is 9.61. The summed E-state index contributed by atoms with van der Waals surface area (Å²) in [4.78, 5) is 2.14. The third-order valence-corrected chi connectivity index (χ3v) is 3.58. The zero-order chi connectivity index (χ0) is 18.4. The number of rotatable bonds is 2. The highest BCUT2D eigenvalue weighted by atomic mass is 28.3. The molecule has 1 nitrogen and oxygen atoms in total. The molecule has 0 unspecified atom stereocenters. The predicted molar refractivity (Wildman–Crippen MR) is 68.4 cm³/mol. The molecule has 11 heteroatoms. The molecule has 0 aliphatic carbocycles. The van der Waals surface area contributed by atoms with Gasteiger partial charge in [-0.2, -0.15) is 39.5 Å². The number of benzene rings is 1. The second kappa shape index (κ2) is 5.60. The third-order valence-electron chi connectivity index (χ3n) is 2.58. The van der Waals surface area contributed by atoms with Gasteiger partial charge in [0.25, 0.3) is 0 Å². The molecule has 1 aromatic carbocycles. The maximum Gasteiger partial charge on any atom is 0.418 e. The average molecular weight is 369 g/mol. The van der Waals surface area contributed by atoms with Gasteiger partial charge < -0.3 is 4.98 Å². The standard InChI is InChI=1S/C12H12F9NSi/c1-23(2,3)22-9-7(11(16,17)18)4-6(10(13,14)15)5-8(9)12(19,20)21/h4-5,22H,1-3H3. The molecule has 1 aromatic rings. The summed E-state index contributed by atoms with van der Waals surface area (Å²) in [5, 5.41) is 0. The summed E-state index contributed by atoms with van der Waals surface area (Å²) in [6.07, 6.45) is -16.1. The van der Waals surface area contributed by atoms with E-state index >= 15 is 0 Å². The van der Waals surface area contributed by atoms with Gasteiger partial charge >= 0.3 is 18.5 Å². The lowest BCUT2D eigenvalue weighted by Crippen LogP contribution is -2.35. The lowest BCUT2D eigenvalue weighted by Gasteiger charge is -2.27. The van der Waals surface area contributed by atoms with E-state index in [1.807, 2.05) is 0 Å². The van der Waals surface area contributed by atoms with Crippen molar-refractivity contribution in [3.05, 3.63) is 28.8 Å². The van der Waals surface area contributed by atoms with Crippen LogP contribution in [-0.4, -0.2) is 8.24 Å². The Kier molecular flexibility index (Phi) is 4.79.